The second kappa shape index (κ2) is 3.82. The molecule has 0 amide bonds. The van der Waals surface area contributed by atoms with Gasteiger partial charge in [0.05, 0.1) is 23.8 Å². The van der Waals surface area contributed by atoms with E-state index in [2.05, 4.69) is 16.2 Å². The lowest BCUT2D eigenvalue weighted by Gasteiger charge is -2.01. The topological polar surface area (TPSA) is 71.9 Å². The number of ether oxygens (including phenoxy) is 1. The molecule has 5 heteroatoms. The molecule has 0 radical (unpaired) electrons. The van der Waals surface area contributed by atoms with E-state index in [1.807, 2.05) is 24.3 Å². The third kappa shape index (κ3) is 1.60. The molecule has 3 atom stereocenters. The summed E-state index contributed by atoms with van der Waals surface area (Å²) in [6.45, 7) is 0.546. The van der Waals surface area contributed by atoms with E-state index in [4.69, 9.17) is 14.5 Å². The normalized spacial score (nSPS) is 27.4. The van der Waals surface area contributed by atoms with Gasteiger partial charge in [0.25, 0.3) is 0 Å². The third-order valence-corrected chi connectivity index (χ3v) is 3.74. The predicted octanol–water partition coefficient (Wildman–Crippen LogP) is 2.22. The Labute approximate surface area is 109 Å². The summed E-state index contributed by atoms with van der Waals surface area (Å²) in [5.41, 5.74) is 1.10. The monoisotopic (exact) mass is 253 g/mol. The van der Waals surface area contributed by atoms with Crippen molar-refractivity contribution in [2.24, 2.45) is 5.92 Å². The standard InChI is InChI=1S/C14H11N3O2/c15-6-8-5-10(8)14-16-13(17-19-14)11-7-18-12-4-2-1-3-9(11)12/h1-4,8,10-11H,5,7H2. The minimum atomic E-state index is 0.0352. The molecule has 2 heterocycles. The molecule has 1 saturated carbocycles. The Hall–Kier alpha value is -2.35. The van der Waals surface area contributed by atoms with Crippen LogP contribution in [0.3, 0.4) is 0 Å². The molecule has 0 bridgehead atoms. The number of aromatic nitrogens is 2. The maximum atomic E-state index is 8.83. The zero-order chi connectivity index (χ0) is 12.8. The van der Waals surface area contributed by atoms with Gasteiger partial charge in [-0.15, -0.1) is 0 Å². The van der Waals surface area contributed by atoms with Crippen LogP contribution in [0.2, 0.25) is 0 Å². The molecule has 19 heavy (non-hydrogen) atoms. The van der Waals surface area contributed by atoms with E-state index in [9.17, 15) is 0 Å². The van der Waals surface area contributed by atoms with Crippen LogP contribution in [0.15, 0.2) is 28.8 Å². The number of hydrogen-bond donors (Lipinski definition) is 0. The van der Waals surface area contributed by atoms with Crippen LogP contribution in [-0.4, -0.2) is 16.7 Å². The second-order valence-electron chi connectivity index (χ2n) is 4.97. The molecular weight excluding hydrogens is 242 g/mol. The lowest BCUT2D eigenvalue weighted by atomic mass is 10.0. The highest BCUT2D eigenvalue weighted by Crippen LogP contribution is 2.46. The van der Waals surface area contributed by atoms with E-state index < -0.39 is 0 Å². The molecule has 3 unspecified atom stereocenters. The van der Waals surface area contributed by atoms with E-state index in [0.717, 1.165) is 17.7 Å². The number of benzene rings is 1. The highest BCUT2D eigenvalue weighted by atomic mass is 16.5. The molecule has 2 aliphatic rings. The number of fused-ring (bicyclic) bond motifs is 1. The van der Waals surface area contributed by atoms with Gasteiger partial charge in [-0.25, -0.2) is 0 Å². The van der Waals surface area contributed by atoms with Gasteiger partial charge in [0.2, 0.25) is 5.89 Å². The van der Waals surface area contributed by atoms with Crippen molar-refractivity contribution in [3.05, 3.63) is 41.5 Å². The fraction of sp³-hybridized carbons (Fsp3) is 0.357. The minimum Gasteiger partial charge on any atom is -0.492 e. The first-order chi connectivity index (χ1) is 9.36. The fourth-order valence-electron chi connectivity index (χ4n) is 2.53. The van der Waals surface area contributed by atoms with Crippen LogP contribution in [0.25, 0.3) is 0 Å². The van der Waals surface area contributed by atoms with Gasteiger partial charge in [-0.2, -0.15) is 10.2 Å². The number of nitriles is 1. The SMILES string of the molecule is N#CC1CC1c1nc(C2COc3ccccc32)no1. The first kappa shape index (κ1) is 10.6. The van der Waals surface area contributed by atoms with Crippen LogP contribution in [0.1, 0.15) is 35.5 Å². The van der Waals surface area contributed by atoms with Crippen molar-refractivity contribution < 1.29 is 9.26 Å². The lowest BCUT2D eigenvalue weighted by molar-refractivity contribution is 0.331. The van der Waals surface area contributed by atoms with Gasteiger partial charge in [-0.05, 0) is 12.5 Å². The van der Waals surface area contributed by atoms with Gasteiger partial charge < -0.3 is 9.26 Å². The van der Waals surface area contributed by atoms with Crippen LogP contribution in [0, 0.1) is 17.2 Å². The van der Waals surface area contributed by atoms with Crippen molar-refractivity contribution in [3.63, 3.8) is 0 Å². The summed E-state index contributed by atoms with van der Waals surface area (Å²) >= 11 is 0. The van der Waals surface area contributed by atoms with Gasteiger partial charge in [-0.1, -0.05) is 23.4 Å². The molecule has 1 aromatic heterocycles. The van der Waals surface area contributed by atoms with Crippen molar-refractivity contribution in [1.29, 1.82) is 5.26 Å². The van der Waals surface area contributed by atoms with Gasteiger partial charge in [0.15, 0.2) is 5.82 Å². The van der Waals surface area contributed by atoms with E-state index in [0.29, 0.717) is 18.3 Å². The molecule has 0 spiro atoms. The van der Waals surface area contributed by atoms with Gasteiger partial charge in [0.1, 0.15) is 12.4 Å². The smallest absolute Gasteiger partial charge is 0.231 e. The maximum Gasteiger partial charge on any atom is 0.231 e. The van der Waals surface area contributed by atoms with E-state index >= 15 is 0 Å². The van der Waals surface area contributed by atoms with Crippen molar-refractivity contribution >= 4 is 0 Å². The predicted molar refractivity (Wildman–Crippen MR) is 64.5 cm³/mol. The zero-order valence-corrected chi connectivity index (χ0v) is 10.1. The Balaban J connectivity index is 1.63. The largest absolute Gasteiger partial charge is 0.492 e. The third-order valence-electron chi connectivity index (χ3n) is 3.74. The van der Waals surface area contributed by atoms with Crippen molar-refractivity contribution in [2.75, 3.05) is 6.61 Å². The average molecular weight is 253 g/mol. The van der Waals surface area contributed by atoms with E-state index in [-0.39, 0.29) is 17.8 Å². The van der Waals surface area contributed by atoms with Gasteiger partial charge in [-0.3, -0.25) is 0 Å². The number of hydrogen-bond acceptors (Lipinski definition) is 5. The molecule has 0 N–H and O–H groups in total. The highest BCUT2D eigenvalue weighted by Gasteiger charge is 2.43. The van der Waals surface area contributed by atoms with Crippen LogP contribution in [0.4, 0.5) is 0 Å². The molecule has 1 aliphatic carbocycles. The van der Waals surface area contributed by atoms with E-state index in [1.54, 1.807) is 0 Å². The van der Waals surface area contributed by atoms with Crippen molar-refractivity contribution in [1.82, 2.24) is 10.1 Å². The molecule has 0 saturated heterocycles. The fourth-order valence-corrected chi connectivity index (χ4v) is 2.53. The summed E-state index contributed by atoms with van der Waals surface area (Å²) in [7, 11) is 0. The van der Waals surface area contributed by atoms with Crippen LogP contribution < -0.4 is 4.74 Å². The summed E-state index contributed by atoms with van der Waals surface area (Å²) < 4.78 is 10.9. The average Bonchev–Trinajstić information content (AvgIpc) is 2.88. The molecule has 4 rings (SSSR count). The summed E-state index contributed by atoms with van der Waals surface area (Å²) in [6, 6.07) is 10.1. The Morgan fingerprint density at radius 1 is 1.32 bits per heavy atom. The quantitative estimate of drug-likeness (QED) is 0.820. The molecule has 5 nitrogen and oxygen atoms in total. The number of para-hydroxylation sites is 1. The van der Waals surface area contributed by atoms with Crippen molar-refractivity contribution in [3.8, 4) is 11.8 Å². The Bertz CT molecular complexity index is 673. The Kier molecular flexibility index (Phi) is 2.12. The zero-order valence-electron chi connectivity index (χ0n) is 10.1. The maximum absolute atomic E-state index is 8.83. The molecule has 94 valence electrons. The van der Waals surface area contributed by atoms with Crippen LogP contribution >= 0.6 is 0 Å². The molecular formula is C14H11N3O2. The van der Waals surface area contributed by atoms with Crippen molar-refractivity contribution in [2.45, 2.75) is 18.3 Å². The summed E-state index contributed by atoms with van der Waals surface area (Å²) in [5.74, 6) is 2.34. The first-order valence-electron chi connectivity index (χ1n) is 6.31. The van der Waals surface area contributed by atoms with Gasteiger partial charge in [0, 0.05) is 5.56 Å². The van der Waals surface area contributed by atoms with E-state index in [1.165, 1.54) is 0 Å². The minimum absolute atomic E-state index is 0.0352. The summed E-state index contributed by atoms with van der Waals surface area (Å²) in [5, 5.41) is 12.9. The summed E-state index contributed by atoms with van der Waals surface area (Å²) in [6.07, 6.45) is 0.829. The molecule has 1 fully saturated rings. The first-order valence-corrected chi connectivity index (χ1v) is 6.31. The lowest BCUT2D eigenvalue weighted by Crippen LogP contribution is -2.04. The Morgan fingerprint density at radius 3 is 3.05 bits per heavy atom. The summed E-state index contributed by atoms with van der Waals surface area (Å²) in [4.78, 5) is 4.44. The Morgan fingerprint density at radius 2 is 2.21 bits per heavy atom. The van der Waals surface area contributed by atoms with Crippen LogP contribution in [0.5, 0.6) is 5.75 Å². The highest BCUT2D eigenvalue weighted by molar-refractivity contribution is 5.42. The molecule has 1 aliphatic heterocycles. The molecule has 1 aromatic carbocycles. The number of rotatable bonds is 2. The number of nitrogens with zero attached hydrogens (tertiary/aromatic N) is 3. The van der Waals surface area contributed by atoms with Gasteiger partial charge >= 0.3 is 0 Å². The molecule has 2 aromatic rings. The second-order valence-corrected chi connectivity index (χ2v) is 4.97. The van der Waals surface area contributed by atoms with Crippen LogP contribution in [-0.2, 0) is 0 Å².